The molecule has 0 saturated carbocycles. The SMILES string of the molecule is CC(=O)OC(C(=O)N(C)N=C(C)c1ccccc1)c1ccccc1. The molecule has 0 fully saturated rings. The first-order valence-electron chi connectivity index (χ1n) is 7.59. The lowest BCUT2D eigenvalue weighted by atomic mass is 10.1. The van der Waals surface area contributed by atoms with Crippen LogP contribution in [0.25, 0.3) is 0 Å². The number of likely N-dealkylation sites (N-methyl/N-ethyl adjacent to an activating group) is 1. The number of hydrazone groups is 1. The summed E-state index contributed by atoms with van der Waals surface area (Å²) in [6.45, 7) is 3.10. The Labute approximate surface area is 141 Å². The van der Waals surface area contributed by atoms with Gasteiger partial charge in [-0.15, -0.1) is 0 Å². The molecule has 24 heavy (non-hydrogen) atoms. The molecule has 1 amide bonds. The average Bonchev–Trinajstić information content (AvgIpc) is 2.60. The van der Waals surface area contributed by atoms with Gasteiger partial charge in [-0.3, -0.25) is 9.59 Å². The van der Waals surface area contributed by atoms with Gasteiger partial charge >= 0.3 is 5.97 Å². The van der Waals surface area contributed by atoms with Crippen LogP contribution in [0.4, 0.5) is 0 Å². The van der Waals surface area contributed by atoms with Gasteiger partial charge in [-0.2, -0.15) is 5.10 Å². The third-order valence-electron chi connectivity index (χ3n) is 3.42. The normalized spacial score (nSPS) is 12.4. The van der Waals surface area contributed by atoms with Gasteiger partial charge in [0, 0.05) is 19.5 Å². The van der Waals surface area contributed by atoms with E-state index in [9.17, 15) is 9.59 Å². The van der Waals surface area contributed by atoms with Gasteiger partial charge in [-0.05, 0) is 12.5 Å². The van der Waals surface area contributed by atoms with Gasteiger partial charge in [-0.1, -0.05) is 60.7 Å². The smallest absolute Gasteiger partial charge is 0.303 e. The lowest BCUT2D eigenvalue weighted by Gasteiger charge is -2.21. The van der Waals surface area contributed by atoms with Crippen molar-refractivity contribution in [3.63, 3.8) is 0 Å². The number of benzene rings is 2. The van der Waals surface area contributed by atoms with Gasteiger partial charge in [0.25, 0.3) is 5.91 Å². The second-order valence-corrected chi connectivity index (χ2v) is 5.31. The van der Waals surface area contributed by atoms with E-state index in [1.807, 2.05) is 43.3 Å². The predicted octanol–water partition coefficient (Wildman–Crippen LogP) is 3.17. The van der Waals surface area contributed by atoms with Gasteiger partial charge < -0.3 is 4.74 Å². The Hall–Kier alpha value is -2.95. The van der Waals surface area contributed by atoms with E-state index in [0.717, 1.165) is 5.56 Å². The molecule has 0 aliphatic heterocycles. The van der Waals surface area contributed by atoms with Crippen LogP contribution in [-0.2, 0) is 14.3 Å². The van der Waals surface area contributed by atoms with Crippen LogP contribution in [0, 0.1) is 0 Å². The summed E-state index contributed by atoms with van der Waals surface area (Å²) in [5.41, 5.74) is 2.22. The second-order valence-electron chi connectivity index (χ2n) is 5.31. The number of ether oxygens (including phenoxy) is 1. The molecule has 1 atom stereocenters. The number of carbonyl (C=O) groups is 2. The standard InChI is InChI=1S/C19H20N2O3/c1-14(16-10-6-4-7-11-16)20-21(3)19(23)18(24-15(2)22)17-12-8-5-9-13-17/h4-13,18H,1-3H3. The quantitative estimate of drug-likeness (QED) is 0.482. The van der Waals surface area contributed by atoms with E-state index in [1.54, 1.807) is 31.3 Å². The first-order valence-corrected chi connectivity index (χ1v) is 7.59. The maximum atomic E-state index is 12.7. The molecule has 0 aliphatic carbocycles. The van der Waals surface area contributed by atoms with Crippen LogP contribution in [-0.4, -0.2) is 29.6 Å². The highest BCUT2D eigenvalue weighted by atomic mass is 16.5. The molecule has 0 aliphatic rings. The minimum absolute atomic E-state index is 0.410. The Balaban J connectivity index is 2.24. The zero-order valence-electron chi connectivity index (χ0n) is 14.0. The topological polar surface area (TPSA) is 59.0 Å². The van der Waals surface area contributed by atoms with E-state index < -0.39 is 18.0 Å². The molecule has 0 radical (unpaired) electrons. The molecule has 0 heterocycles. The molecule has 2 aromatic rings. The predicted molar refractivity (Wildman–Crippen MR) is 92.4 cm³/mol. The highest BCUT2D eigenvalue weighted by Crippen LogP contribution is 2.20. The van der Waals surface area contributed by atoms with Gasteiger partial charge in [0.15, 0.2) is 0 Å². The van der Waals surface area contributed by atoms with Crippen molar-refractivity contribution in [3.05, 3.63) is 71.8 Å². The van der Waals surface area contributed by atoms with Crippen LogP contribution in [0.5, 0.6) is 0 Å². The number of hydrogen-bond acceptors (Lipinski definition) is 4. The fourth-order valence-electron chi connectivity index (χ4n) is 2.24. The minimum atomic E-state index is -1.01. The molecule has 2 aromatic carbocycles. The molecule has 0 saturated heterocycles. The number of nitrogens with zero attached hydrogens (tertiary/aromatic N) is 2. The van der Waals surface area contributed by atoms with Crippen molar-refractivity contribution in [2.45, 2.75) is 20.0 Å². The summed E-state index contributed by atoms with van der Waals surface area (Å²) in [6.07, 6.45) is -1.01. The van der Waals surface area contributed by atoms with Crippen LogP contribution in [0.2, 0.25) is 0 Å². The van der Waals surface area contributed by atoms with E-state index >= 15 is 0 Å². The summed E-state index contributed by atoms with van der Waals surface area (Å²) in [5.74, 6) is -0.930. The Kier molecular flexibility index (Phi) is 5.84. The molecular formula is C19H20N2O3. The fourth-order valence-corrected chi connectivity index (χ4v) is 2.24. The summed E-state index contributed by atoms with van der Waals surface area (Å²) in [6, 6.07) is 18.5. The van der Waals surface area contributed by atoms with Crippen LogP contribution in [0.1, 0.15) is 31.1 Å². The Bertz CT molecular complexity index is 727. The van der Waals surface area contributed by atoms with E-state index in [1.165, 1.54) is 11.9 Å². The van der Waals surface area contributed by atoms with Crippen molar-refractivity contribution in [1.82, 2.24) is 5.01 Å². The molecule has 0 bridgehead atoms. The lowest BCUT2D eigenvalue weighted by Crippen LogP contribution is -2.31. The van der Waals surface area contributed by atoms with Crippen molar-refractivity contribution in [1.29, 1.82) is 0 Å². The van der Waals surface area contributed by atoms with Crippen molar-refractivity contribution < 1.29 is 14.3 Å². The van der Waals surface area contributed by atoms with Crippen molar-refractivity contribution in [3.8, 4) is 0 Å². The molecule has 5 nitrogen and oxygen atoms in total. The lowest BCUT2D eigenvalue weighted by molar-refractivity contribution is -0.158. The summed E-state index contributed by atoms with van der Waals surface area (Å²) in [7, 11) is 1.55. The molecule has 1 unspecified atom stereocenters. The first-order chi connectivity index (χ1) is 11.5. The minimum Gasteiger partial charge on any atom is -0.447 e. The maximum absolute atomic E-state index is 12.7. The van der Waals surface area contributed by atoms with Gasteiger partial charge in [0.1, 0.15) is 0 Å². The molecule has 0 aromatic heterocycles. The third kappa shape index (κ3) is 4.52. The highest BCUT2D eigenvalue weighted by molar-refractivity contribution is 5.99. The molecule has 124 valence electrons. The maximum Gasteiger partial charge on any atom is 0.303 e. The van der Waals surface area contributed by atoms with E-state index in [4.69, 9.17) is 4.74 Å². The number of hydrogen-bond donors (Lipinski definition) is 0. The highest BCUT2D eigenvalue weighted by Gasteiger charge is 2.27. The van der Waals surface area contributed by atoms with E-state index in [2.05, 4.69) is 5.10 Å². The van der Waals surface area contributed by atoms with Gasteiger partial charge in [0.05, 0.1) is 5.71 Å². The third-order valence-corrected chi connectivity index (χ3v) is 3.42. The summed E-state index contributed by atoms with van der Waals surface area (Å²) in [4.78, 5) is 24.1. The van der Waals surface area contributed by atoms with Crippen LogP contribution in [0.15, 0.2) is 65.8 Å². The summed E-state index contributed by atoms with van der Waals surface area (Å²) < 4.78 is 5.21. The number of esters is 1. The van der Waals surface area contributed by atoms with Crippen molar-refractivity contribution in [2.75, 3.05) is 7.05 Å². The summed E-state index contributed by atoms with van der Waals surface area (Å²) in [5, 5.41) is 5.52. The molecule has 2 rings (SSSR count). The number of rotatable bonds is 5. The fraction of sp³-hybridized carbons (Fsp3) is 0.211. The number of amides is 1. The second kappa shape index (κ2) is 8.06. The monoisotopic (exact) mass is 324 g/mol. The summed E-state index contributed by atoms with van der Waals surface area (Å²) >= 11 is 0. The Morgan fingerprint density at radius 2 is 1.50 bits per heavy atom. The zero-order chi connectivity index (χ0) is 17.5. The first kappa shape index (κ1) is 17.4. The van der Waals surface area contributed by atoms with E-state index in [0.29, 0.717) is 11.3 Å². The van der Waals surface area contributed by atoms with Crippen molar-refractivity contribution in [2.24, 2.45) is 5.10 Å². The molecular weight excluding hydrogens is 304 g/mol. The van der Waals surface area contributed by atoms with Gasteiger partial charge in [0.2, 0.25) is 6.10 Å². The van der Waals surface area contributed by atoms with Crippen molar-refractivity contribution >= 4 is 17.6 Å². The largest absolute Gasteiger partial charge is 0.447 e. The zero-order valence-corrected chi connectivity index (χ0v) is 14.0. The van der Waals surface area contributed by atoms with Crippen LogP contribution < -0.4 is 0 Å². The Morgan fingerprint density at radius 3 is 2.04 bits per heavy atom. The van der Waals surface area contributed by atoms with Gasteiger partial charge in [-0.25, -0.2) is 5.01 Å². The number of carbonyl (C=O) groups excluding carboxylic acids is 2. The molecule has 0 spiro atoms. The molecule has 0 N–H and O–H groups in total. The van der Waals surface area contributed by atoms with E-state index in [-0.39, 0.29) is 0 Å². The van der Waals surface area contributed by atoms with Crippen LogP contribution in [0.3, 0.4) is 0 Å². The average molecular weight is 324 g/mol. The molecule has 5 heteroatoms. The Morgan fingerprint density at radius 1 is 0.958 bits per heavy atom. The van der Waals surface area contributed by atoms with Crippen LogP contribution >= 0.6 is 0 Å².